The van der Waals surface area contributed by atoms with Crippen LogP contribution in [0.3, 0.4) is 0 Å². The molecule has 0 saturated carbocycles. The van der Waals surface area contributed by atoms with E-state index < -0.39 is 0 Å². The van der Waals surface area contributed by atoms with Crippen LogP contribution in [0.4, 0.5) is 17.5 Å². The summed E-state index contributed by atoms with van der Waals surface area (Å²) in [6.45, 7) is 21.3. The summed E-state index contributed by atoms with van der Waals surface area (Å²) in [6, 6.07) is 18.5. The van der Waals surface area contributed by atoms with Gasteiger partial charge in [-0.05, 0) is 98.7 Å². The molecule has 7 nitrogen and oxygen atoms in total. The third-order valence-corrected chi connectivity index (χ3v) is 5.09. The van der Waals surface area contributed by atoms with Crippen molar-refractivity contribution in [2.45, 2.75) is 98.6 Å². The second kappa shape index (κ2) is 11.5. The van der Waals surface area contributed by atoms with Crippen LogP contribution in [0, 0.1) is 0 Å². The number of nitrogens with one attached hydrogen (secondary N) is 3. The maximum atomic E-state index is 4.89. The normalized spacial score (nSPS) is 12.5. The van der Waals surface area contributed by atoms with Crippen LogP contribution in [0.15, 0.2) is 54.6 Å². The zero-order valence-electron chi connectivity index (χ0n) is 24.1. The van der Waals surface area contributed by atoms with Crippen LogP contribution >= 0.6 is 0 Å². The minimum absolute atomic E-state index is 0.0554. The molecular formula is C30H45N7. The van der Waals surface area contributed by atoms with Gasteiger partial charge in [0.05, 0.1) is 17.1 Å². The number of hydrogen-bond acceptors (Lipinski definition) is 7. The van der Waals surface area contributed by atoms with Crippen molar-refractivity contribution < 1.29 is 0 Å². The largest absolute Gasteiger partial charge is 0.365 e. The number of rotatable bonds is 9. The van der Waals surface area contributed by atoms with Gasteiger partial charge in [-0.2, -0.15) is 0 Å². The van der Waals surface area contributed by atoms with E-state index in [2.05, 4.69) is 120 Å². The molecule has 0 aliphatic carbocycles. The molecule has 0 unspecified atom stereocenters. The van der Waals surface area contributed by atoms with Gasteiger partial charge in [0.1, 0.15) is 17.5 Å². The lowest BCUT2D eigenvalue weighted by molar-refractivity contribution is 0.239. The summed E-state index contributed by atoms with van der Waals surface area (Å²) in [4.78, 5) is 17.0. The molecule has 200 valence electrons. The Hall–Kier alpha value is -3.19. The zero-order chi connectivity index (χ0) is 27.3. The summed E-state index contributed by atoms with van der Waals surface area (Å²) in [6.07, 6.45) is 0. The molecule has 0 fully saturated rings. The van der Waals surface area contributed by atoms with Gasteiger partial charge in [0.2, 0.25) is 0 Å². The van der Waals surface area contributed by atoms with E-state index >= 15 is 0 Å². The number of nitrogens with zero attached hydrogens (tertiary/aromatic N) is 4. The van der Waals surface area contributed by atoms with Gasteiger partial charge in [-0.1, -0.05) is 18.2 Å². The highest BCUT2D eigenvalue weighted by molar-refractivity contribution is 5.39. The number of aromatic nitrogens is 3. The maximum absolute atomic E-state index is 4.89. The molecule has 0 aromatic carbocycles. The van der Waals surface area contributed by atoms with Crippen molar-refractivity contribution in [2.24, 2.45) is 0 Å². The van der Waals surface area contributed by atoms with Crippen molar-refractivity contribution in [3.05, 3.63) is 71.7 Å². The Bertz CT molecular complexity index is 1010. The van der Waals surface area contributed by atoms with Crippen molar-refractivity contribution in [1.82, 2.24) is 19.9 Å². The Morgan fingerprint density at radius 3 is 1.00 bits per heavy atom. The predicted molar refractivity (Wildman–Crippen MR) is 156 cm³/mol. The summed E-state index contributed by atoms with van der Waals surface area (Å²) < 4.78 is 0. The van der Waals surface area contributed by atoms with Crippen LogP contribution in [0.5, 0.6) is 0 Å². The molecular weight excluding hydrogens is 458 g/mol. The molecule has 0 aliphatic rings. The summed E-state index contributed by atoms with van der Waals surface area (Å²) in [5.74, 6) is 2.65. The van der Waals surface area contributed by atoms with Crippen LogP contribution in [0.25, 0.3) is 0 Å². The highest BCUT2D eigenvalue weighted by Gasteiger charge is 2.16. The average Bonchev–Trinajstić information content (AvgIpc) is 2.71. The smallest absolute Gasteiger partial charge is 0.126 e. The van der Waals surface area contributed by atoms with Crippen LogP contribution in [0.1, 0.15) is 79.4 Å². The highest BCUT2D eigenvalue weighted by atomic mass is 15.2. The van der Waals surface area contributed by atoms with Crippen LogP contribution < -0.4 is 16.0 Å². The molecule has 3 rings (SSSR count). The lowest BCUT2D eigenvalue weighted by Gasteiger charge is -2.25. The summed E-state index contributed by atoms with van der Waals surface area (Å²) in [5, 5.41) is 10.4. The van der Waals surface area contributed by atoms with Gasteiger partial charge < -0.3 is 16.0 Å². The molecule has 3 N–H and O–H groups in total. The van der Waals surface area contributed by atoms with Crippen LogP contribution in [0.2, 0.25) is 0 Å². The summed E-state index contributed by atoms with van der Waals surface area (Å²) in [7, 11) is 0. The fourth-order valence-corrected chi connectivity index (χ4v) is 3.92. The van der Waals surface area contributed by atoms with Crippen molar-refractivity contribution in [3.63, 3.8) is 0 Å². The molecule has 0 radical (unpaired) electrons. The molecule has 0 aliphatic heterocycles. The first-order valence-electron chi connectivity index (χ1n) is 13.1. The molecule has 37 heavy (non-hydrogen) atoms. The third kappa shape index (κ3) is 10.8. The van der Waals surface area contributed by atoms with Crippen LogP contribution in [-0.2, 0) is 19.6 Å². The molecule has 0 spiro atoms. The number of hydrogen-bond donors (Lipinski definition) is 3. The first-order chi connectivity index (χ1) is 17.1. The Morgan fingerprint density at radius 2 is 0.757 bits per heavy atom. The standard InChI is InChI=1S/C30H45N7/c1-28(2,3)34-25-16-10-13-22(31-25)19-37(20-23-14-11-17-26(32-23)35-29(4,5)6)21-24-15-12-18-27(33-24)36-30(7,8)9/h10-18H,19-21H2,1-9H3,(H,31,34)(H,32,35)(H,33,36). The molecule has 0 atom stereocenters. The van der Waals surface area contributed by atoms with Crippen molar-refractivity contribution >= 4 is 17.5 Å². The van der Waals surface area contributed by atoms with E-state index in [4.69, 9.17) is 15.0 Å². The van der Waals surface area contributed by atoms with Gasteiger partial charge in [-0.3, -0.25) is 4.90 Å². The van der Waals surface area contributed by atoms with Gasteiger partial charge in [0, 0.05) is 36.3 Å². The predicted octanol–water partition coefficient (Wildman–Crippen LogP) is 6.71. The van der Waals surface area contributed by atoms with Gasteiger partial charge in [-0.25, -0.2) is 15.0 Å². The van der Waals surface area contributed by atoms with Gasteiger partial charge in [-0.15, -0.1) is 0 Å². The summed E-state index contributed by atoms with van der Waals surface area (Å²) >= 11 is 0. The van der Waals surface area contributed by atoms with E-state index in [1.54, 1.807) is 0 Å². The number of pyridine rings is 3. The SMILES string of the molecule is CC(C)(C)Nc1cccc(CN(Cc2cccc(NC(C)(C)C)n2)Cc2cccc(NC(C)(C)C)n2)n1. The molecule has 7 heteroatoms. The van der Waals surface area contributed by atoms with E-state index in [9.17, 15) is 0 Å². The quantitative estimate of drug-likeness (QED) is 0.300. The Labute approximate surface area is 223 Å². The van der Waals surface area contributed by atoms with Crippen molar-refractivity contribution in [3.8, 4) is 0 Å². The van der Waals surface area contributed by atoms with Gasteiger partial charge >= 0.3 is 0 Å². The van der Waals surface area contributed by atoms with E-state index in [1.165, 1.54) is 0 Å². The third-order valence-electron chi connectivity index (χ3n) is 5.09. The Morgan fingerprint density at radius 1 is 0.486 bits per heavy atom. The molecule has 0 bridgehead atoms. The highest BCUT2D eigenvalue weighted by Crippen LogP contribution is 2.19. The molecule has 0 amide bonds. The average molecular weight is 504 g/mol. The zero-order valence-corrected chi connectivity index (χ0v) is 24.1. The van der Waals surface area contributed by atoms with E-state index in [-0.39, 0.29) is 16.6 Å². The van der Waals surface area contributed by atoms with Crippen molar-refractivity contribution in [1.29, 1.82) is 0 Å². The van der Waals surface area contributed by atoms with Gasteiger partial charge in [0.15, 0.2) is 0 Å². The second-order valence-electron chi connectivity index (χ2n) is 12.8. The fourth-order valence-electron chi connectivity index (χ4n) is 3.92. The van der Waals surface area contributed by atoms with Gasteiger partial charge in [0.25, 0.3) is 0 Å². The molecule has 3 aromatic rings. The molecule has 0 saturated heterocycles. The minimum atomic E-state index is -0.0554. The van der Waals surface area contributed by atoms with E-state index in [0.717, 1.165) is 34.5 Å². The lowest BCUT2D eigenvalue weighted by Crippen LogP contribution is -2.28. The van der Waals surface area contributed by atoms with Crippen LogP contribution in [-0.4, -0.2) is 36.5 Å². The fraction of sp³-hybridized carbons (Fsp3) is 0.500. The first kappa shape index (κ1) is 28.4. The Kier molecular flexibility index (Phi) is 8.80. The summed E-state index contributed by atoms with van der Waals surface area (Å²) in [5.41, 5.74) is 2.84. The topological polar surface area (TPSA) is 78.0 Å². The monoisotopic (exact) mass is 503 g/mol. The first-order valence-corrected chi connectivity index (χ1v) is 13.1. The van der Waals surface area contributed by atoms with E-state index in [1.807, 2.05) is 18.2 Å². The molecule has 3 aromatic heterocycles. The second-order valence-corrected chi connectivity index (χ2v) is 12.8. The molecule has 3 heterocycles. The number of anilines is 3. The Balaban J connectivity index is 1.86. The van der Waals surface area contributed by atoms with Crippen molar-refractivity contribution in [2.75, 3.05) is 16.0 Å². The minimum Gasteiger partial charge on any atom is -0.365 e. The lowest BCUT2D eigenvalue weighted by atomic mass is 10.1. The maximum Gasteiger partial charge on any atom is 0.126 e. The van der Waals surface area contributed by atoms with E-state index in [0.29, 0.717) is 19.6 Å².